The van der Waals surface area contributed by atoms with Crippen LogP contribution in [0.3, 0.4) is 0 Å². The van der Waals surface area contributed by atoms with Crippen molar-refractivity contribution < 1.29 is 0 Å². The Morgan fingerprint density at radius 1 is 1.64 bits per heavy atom. The van der Waals surface area contributed by atoms with Crippen LogP contribution in [0, 0.1) is 5.92 Å². The molecule has 1 heterocycles. The van der Waals surface area contributed by atoms with E-state index < -0.39 is 0 Å². The minimum atomic E-state index is 0.196. The number of nitrogens with one attached hydrogen (secondary N) is 1. The van der Waals surface area contributed by atoms with Gasteiger partial charge in [0, 0.05) is 31.9 Å². The van der Waals surface area contributed by atoms with Gasteiger partial charge in [-0.25, -0.2) is 0 Å². The molecule has 1 aromatic rings. The van der Waals surface area contributed by atoms with E-state index in [0.717, 1.165) is 18.8 Å². The fraction of sp³-hybridized carbons (Fsp3) is 0.700. The molecule has 0 radical (unpaired) electrons. The molecule has 0 bridgehead atoms. The topological polar surface area (TPSA) is 55.9 Å². The molecule has 4 heteroatoms. The zero-order chi connectivity index (χ0) is 10.6. The maximum Gasteiger partial charge on any atom is 0.148 e. The zero-order valence-electron chi connectivity index (χ0n) is 9.20. The number of hydrogen-bond donors (Lipinski definition) is 2. The maximum absolute atomic E-state index is 5.99. The molecule has 1 rings (SSSR count). The molecule has 0 saturated carbocycles. The van der Waals surface area contributed by atoms with Crippen molar-refractivity contribution in [3.8, 4) is 0 Å². The molecule has 0 aliphatic rings. The first-order valence-corrected chi connectivity index (χ1v) is 5.12. The zero-order valence-corrected chi connectivity index (χ0v) is 9.20. The molecular formula is C10H20N4. The molecule has 4 nitrogen and oxygen atoms in total. The lowest BCUT2D eigenvalue weighted by Crippen LogP contribution is -2.35. The Morgan fingerprint density at radius 3 is 2.86 bits per heavy atom. The lowest BCUT2D eigenvalue weighted by molar-refractivity contribution is 0.456. The number of rotatable bonds is 5. The fourth-order valence-electron chi connectivity index (χ4n) is 1.24. The van der Waals surface area contributed by atoms with Crippen molar-refractivity contribution in [1.82, 2.24) is 9.78 Å². The highest BCUT2D eigenvalue weighted by Crippen LogP contribution is 2.07. The van der Waals surface area contributed by atoms with Gasteiger partial charge < -0.3 is 11.1 Å². The van der Waals surface area contributed by atoms with Gasteiger partial charge in [-0.1, -0.05) is 20.3 Å². The van der Waals surface area contributed by atoms with Crippen molar-refractivity contribution >= 4 is 5.82 Å². The van der Waals surface area contributed by atoms with Gasteiger partial charge in [0.05, 0.1) is 0 Å². The molecule has 0 aromatic carbocycles. The normalized spacial score (nSPS) is 15.1. The predicted octanol–water partition coefficient (Wildman–Crippen LogP) is 1.21. The summed E-state index contributed by atoms with van der Waals surface area (Å²) in [6.45, 7) is 5.11. The van der Waals surface area contributed by atoms with Crippen LogP contribution < -0.4 is 11.1 Å². The lowest BCUT2D eigenvalue weighted by atomic mass is 10.0. The van der Waals surface area contributed by atoms with Gasteiger partial charge in [0.15, 0.2) is 0 Å². The van der Waals surface area contributed by atoms with E-state index in [2.05, 4.69) is 24.3 Å². The summed E-state index contributed by atoms with van der Waals surface area (Å²) in [5, 5.41) is 7.44. The van der Waals surface area contributed by atoms with Crippen LogP contribution in [0.5, 0.6) is 0 Å². The van der Waals surface area contributed by atoms with Crippen LogP contribution in [-0.4, -0.2) is 22.4 Å². The van der Waals surface area contributed by atoms with Crippen LogP contribution in [0.15, 0.2) is 12.3 Å². The SMILES string of the molecule is CCC(C)C(N)CNc1ccn(C)n1. The standard InChI is InChI=1S/C10H20N4/c1-4-8(2)9(11)7-12-10-5-6-14(3)13-10/h5-6,8-9H,4,7,11H2,1-3H3,(H,12,13). The maximum atomic E-state index is 5.99. The average Bonchev–Trinajstić information content (AvgIpc) is 2.59. The molecule has 0 aliphatic carbocycles. The van der Waals surface area contributed by atoms with E-state index in [-0.39, 0.29) is 6.04 Å². The summed E-state index contributed by atoms with van der Waals surface area (Å²) < 4.78 is 1.77. The summed E-state index contributed by atoms with van der Waals surface area (Å²) in [7, 11) is 1.90. The molecule has 1 aromatic heterocycles. The molecule has 3 N–H and O–H groups in total. The third-order valence-corrected chi connectivity index (χ3v) is 2.61. The quantitative estimate of drug-likeness (QED) is 0.744. The van der Waals surface area contributed by atoms with E-state index in [0.29, 0.717) is 5.92 Å². The van der Waals surface area contributed by atoms with Gasteiger partial charge in [0.1, 0.15) is 5.82 Å². The molecule has 0 fully saturated rings. The Balaban J connectivity index is 2.33. The van der Waals surface area contributed by atoms with Crippen LogP contribution in [0.2, 0.25) is 0 Å². The second-order valence-corrected chi connectivity index (χ2v) is 3.80. The molecule has 2 unspecified atom stereocenters. The summed E-state index contributed by atoms with van der Waals surface area (Å²) in [6.07, 6.45) is 3.03. The third-order valence-electron chi connectivity index (χ3n) is 2.61. The predicted molar refractivity (Wildman–Crippen MR) is 59.1 cm³/mol. The van der Waals surface area contributed by atoms with Crippen LogP contribution in [0.1, 0.15) is 20.3 Å². The molecule has 2 atom stereocenters. The average molecular weight is 196 g/mol. The smallest absolute Gasteiger partial charge is 0.148 e. The van der Waals surface area contributed by atoms with E-state index in [1.54, 1.807) is 4.68 Å². The highest BCUT2D eigenvalue weighted by atomic mass is 15.3. The number of nitrogens with two attached hydrogens (primary N) is 1. The largest absolute Gasteiger partial charge is 0.367 e. The van der Waals surface area contributed by atoms with Gasteiger partial charge in [-0.05, 0) is 5.92 Å². The highest BCUT2D eigenvalue weighted by molar-refractivity contribution is 5.32. The minimum Gasteiger partial charge on any atom is -0.367 e. The van der Waals surface area contributed by atoms with Gasteiger partial charge in [-0.3, -0.25) is 4.68 Å². The number of aryl methyl sites for hydroxylation is 1. The molecule has 14 heavy (non-hydrogen) atoms. The van der Waals surface area contributed by atoms with Gasteiger partial charge in [-0.15, -0.1) is 0 Å². The molecular weight excluding hydrogens is 176 g/mol. The Hall–Kier alpha value is -1.03. The van der Waals surface area contributed by atoms with Crippen LogP contribution in [-0.2, 0) is 7.05 Å². The van der Waals surface area contributed by atoms with Crippen molar-refractivity contribution in [1.29, 1.82) is 0 Å². The second kappa shape index (κ2) is 5.00. The number of nitrogens with zero attached hydrogens (tertiary/aromatic N) is 2. The lowest BCUT2D eigenvalue weighted by Gasteiger charge is -2.18. The van der Waals surface area contributed by atoms with Crippen LogP contribution in [0.25, 0.3) is 0 Å². The Morgan fingerprint density at radius 2 is 2.36 bits per heavy atom. The van der Waals surface area contributed by atoms with E-state index in [4.69, 9.17) is 5.73 Å². The van der Waals surface area contributed by atoms with Crippen molar-refractivity contribution in [3.63, 3.8) is 0 Å². The monoisotopic (exact) mass is 196 g/mol. The molecule has 0 aliphatic heterocycles. The van der Waals surface area contributed by atoms with Crippen molar-refractivity contribution in [2.24, 2.45) is 18.7 Å². The van der Waals surface area contributed by atoms with Crippen LogP contribution >= 0.6 is 0 Å². The Labute approximate surface area is 85.5 Å². The first-order valence-electron chi connectivity index (χ1n) is 5.12. The molecule has 0 amide bonds. The second-order valence-electron chi connectivity index (χ2n) is 3.80. The van der Waals surface area contributed by atoms with Gasteiger partial charge >= 0.3 is 0 Å². The minimum absolute atomic E-state index is 0.196. The van der Waals surface area contributed by atoms with E-state index >= 15 is 0 Å². The number of aromatic nitrogens is 2. The molecule has 0 saturated heterocycles. The Bertz CT molecular complexity index is 269. The van der Waals surface area contributed by atoms with E-state index in [1.807, 2.05) is 19.3 Å². The van der Waals surface area contributed by atoms with Crippen molar-refractivity contribution in [2.45, 2.75) is 26.3 Å². The van der Waals surface area contributed by atoms with Gasteiger partial charge in [0.25, 0.3) is 0 Å². The Kier molecular flexibility index (Phi) is 3.95. The van der Waals surface area contributed by atoms with E-state index in [1.165, 1.54) is 0 Å². The summed E-state index contributed by atoms with van der Waals surface area (Å²) >= 11 is 0. The summed E-state index contributed by atoms with van der Waals surface area (Å²) in [4.78, 5) is 0. The van der Waals surface area contributed by atoms with Crippen LogP contribution in [0.4, 0.5) is 5.82 Å². The molecule has 80 valence electrons. The number of anilines is 1. The van der Waals surface area contributed by atoms with Crippen molar-refractivity contribution in [3.05, 3.63) is 12.3 Å². The first kappa shape index (κ1) is 11.0. The fourth-order valence-corrected chi connectivity index (χ4v) is 1.24. The van der Waals surface area contributed by atoms with E-state index in [9.17, 15) is 0 Å². The third kappa shape index (κ3) is 3.03. The van der Waals surface area contributed by atoms with Gasteiger partial charge in [0.2, 0.25) is 0 Å². The van der Waals surface area contributed by atoms with Gasteiger partial charge in [-0.2, -0.15) is 5.10 Å². The number of hydrogen-bond acceptors (Lipinski definition) is 3. The summed E-state index contributed by atoms with van der Waals surface area (Å²) in [5.41, 5.74) is 5.99. The summed E-state index contributed by atoms with van der Waals surface area (Å²) in [6, 6.07) is 2.14. The highest BCUT2D eigenvalue weighted by Gasteiger charge is 2.10. The molecule has 0 spiro atoms. The summed E-state index contributed by atoms with van der Waals surface area (Å²) in [5.74, 6) is 1.44. The van der Waals surface area contributed by atoms with Crippen molar-refractivity contribution in [2.75, 3.05) is 11.9 Å². The first-order chi connectivity index (χ1) is 6.63.